The Hall–Kier alpha value is -3.58. The van der Waals surface area contributed by atoms with Crippen molar-refractivity contribution < 1.29 is 23.7 Å². The third-order valence-corrected chi connectivity index (χ3v) is 5.78. The molecule has 0 N–H and O–H groups in total. The fraction of sp³-hybridized carbons (Fsp3) is 0.333. The Morgan fingerprint density at radius 3 is 2.65 bits per heavy atom. The summed E-state index contributed by atoms with van der Waals surface area (Å²) >= 11 is 0. The van der Waals surface area contributed by atoms with Crippen molar-refractivity contribution in [2.45, 2.75) is 19.5 Å². The van der Waals surface area contributed by atoms with E-state index >= 15 is 0 Å². The third-order valence-electron chi connectivity index (χ3n) is 5.78. The summed E-state index contributed by atoms with van der Waals surface area (Å²) in [5.74, 6) is 2.18. The molecule has 178 valence electrons. The van der Waals surface area contributed by atoms with Crippen molar-refractivity contribution >= 4 is 5.91 Å². The van der Waals surface area contributed by atoms with Crippen LogP contribution >= 0.6 is 0 Å². The molecule has 1 aliphatic heterocycles. The lowest BCUT2D eigenvalue weighted by Crippen LogP contribution is -2.30. The van der Waals surface area contributed by atoms with Gasteiger partial charge < -0.3 is 23.8 Å². The number of hydrogen-bond donors (Lipinski definition) is 0. The zero-order chi connectivity index (χ0) is 23.8. The van der Waals surface area contributed by atoms with E-state index in [2.05, 4.69) is 4.98 Å². The smallest absolute Gasteiger partial charge is 0.254 e. The summed E-state index contributed by atoms with van der Waals surface area (Å²) in [5.41, 5.74) is 2.30. The van der Waals surface area contributed by atoms with Crippen LogP contribution in [-0.4, -0.2) is 49.8 Å². The van der Waals surface area contributed by atoms with Gasteiger partial charge in [-0.1, -0.05) is 18.2 Å². The Morgan fingerprint density at radius 2 is 1.91 bits per heavy atom. The molecule has 2 aromatic carbocycles. The molecule has 7 heteroatoms. The first-order valence-corrected chi connectivity index (χ1v) is 11.4. The average Bonchev–Trinajstić information content (AvgIpc) is 3.41. The average molecular weight is 463 g/mol. The molecule has 1 aromatic heterocycles. The van der Waals surface area contributed by atoms with E-state index in [9.17, 15) is 4.79 Å². The van der Waals surface area contributed by atoms with Crippen LogP contribution in [0.25, 0.3) is 0 Å². The van der Waals surface area contributed by atoms with Gasteiger partial charge in [0, 0.05) is 30.8 Å². The van der Waals surface area contributed by atoms with Crippen molar-refractivity contribution in [2.24, 2.45) is 5.92 Å². The molecule has 7 nitrogen and oxygen atoms in total. The SMILES string of the molecule is COc1ccc(C(=O)N(Cc2cccc(OCC3CCOC3)c2)Cc2ccccn2)cc1OC. The van der Waals surface area contributed by atoms with Crippen LogP contribution in [0.15, 0.2) is 66.9 Å². The molecule has 0 bridgehead atoms. The topological polar surface area (TPSA) is 70.1 Å². The molecular weight excluding hydrogens is 432 g/mol. The van der Waals surface area contributed by atoms with Crippen molar-refractivity contribution in [3.63, 3.8) is 0 Å². The quantitative estimate of drug-likeness (QED) is 0.446. The second-order valence-corrected chi connectivity index (χ2v) is 8.24. The number of carbonyl (C=O) groups is 1. The molecule has 0 radical (unpaired) electrons. The summed E-state index contributed by atoms with van der Waals surface area (Å²) in [6.45, 7) is 2.96. The Labute approximate surface area is 200 Å². The normalized spacial score (nSPS) is 15.1. The fourth-order valence-corrected chi connectivity index (χ4v) is 3.92. The number of benzene rings is 2. The molecule has 1 unspecified atom stereocenters. The van der Waals surface area contributed by atoms with Gasteiger partial charge in [-0.15, -0.1) is 0 Å². The molecule has 3 aromatic rings. The van der Waals surface area contributed by atoms with E-state index in [4.69, 9.17) is 18.9 Å². The molecule has 34 heavy (non-hydrogen) atoms. The molecule has 4 rings (SSSR count). The predicted molar refractivity (Wildman–Crippen MR) is 128 cm³/mol. The minimum atomic E-state index is -0.124. The van der Waals surface area contributed by atoms with Crippen LogP contribution in [0.5, 0.6) is 17.2 Å². The Kier molecular flexibility index (Phi) is 7.99. The molecular formula is C27H30N2O5. The second-order valence-electron chi connectivity index (χ2n) is 8.24. The minimum absolute atomic E-state index is 0.124. The van der Waals surface area contributed by atoms with Gasteiger partial charge in [0.15, 0.2) is 11.5 Å². The van der Waals surface area contributed by atoms with Gasteiger partial charge in [-0.3, -0.25) is 9.78 Å². The third kappa shape index (κ3) is 6.05. The monoisotopic (exact) mass is 462 g/mol. The maximum Gasteiger partial charge on any atom is 0.254 e. The van der Waals surface area contributed by atoms with E-state index in [1.54, 1.807) is 43.5 Å². The fourth-order valence-electron chi connectivity index (χ4n) is 3.92. The van der Waals surface area contributed by atoms with Gasteiger partial charge in [0.25, 0.3) is 5.91 Å². The summed E-state index contributed by atoms with van der Waals surface area (Å²) in [6.07, 6.45) is 2.76. The molecule has 1 atom stereocenters. The Bertz CT molecular complexity index is 1080. The number of ether oxygens (including phenoxy) is 4. The number of hydrogen-bond acceptors (Lipinski definition) is 6. The van der Waals surface area contributed by atoms with Gasteiger partial charge in [0.05, 0.1) is 39.7 Å². The van der Waals surface area contributed by atoms with Crippen molar-refractivity contribution in [3.8, 4) is 17.2 Å². The highest BCUT2D eigenvalue weighted by atomic mass is 16.5. The van der Waals surface area contributed by atoms with Crippen LogP contribution in [0.4, 0.5) is 0 Å². The molecule has 0 spiro atoms. The molecule has 2 heterocycles. The minimum Gasteiger partial charge on any atom is -0.493 e. The summed E-state index contributed by atoms with van der Waals surface area (Å²) in [7, 11) is 3.13. The van der Waals surface area contributed by atoms with Gasteiger partial charge in [-0.2, -0.15) is 0 Å². The first-order chi connectivity index (χ1) is 16.7. The maximum absolute atomic E-state index is 13.6. The highest BCUT2D eigenvalue weighted by Gasteiger charge is 2.20. The molecule has 0 aliphatic carbocycles. The van der Waals surface area contributed by atoms with E-state index < -0.39 is 0 Å². The van der Waals surface area contributed by atoms with E-state index in [-0.39, 0.29) is 5.91 Å². The first-order valence-electron chi connectivity index (χ1n) is 11.4. The van der Waals surface area contributed by atoms with Crippen molar-refractivity contribution in [2.75, 3.05) is 34.0 Å². The van der Waals surface area contributed by atoms with Crippen molar-refractivity contribution in [1.82, 2.24) is 9.88 Å². The lowest BCUT2D eigenvalue weighted by Gasteiger charge is -2.23. The van der Waals surface area contributed by atoms with Gasteiger partial charge in [-0.05, 0) is 54.4 Å². The van der Waals surface area contributed by atoms with Gasteiger partial charge in [0.1, 0.15) is 5.75 Å². The van der Waals surface area contributed by atoms with Gasteiger partial charge in [0.2, 0.25) is 0 Å². The number of amides is 1. The lowest BCUT2D eigenvalue weighted by molar-refractivity contribution is 0.0727. The van der Waals surface area contributed by atoms with E-state index in [1.165, 1.54) is 0 Å². The summed E-state index contributed by atoms with van der Waals surface area (Å²) in [5, 5.41) is 0. The number of aromatic nitrogens is 1. The highest BCUT2D eigenvalue weighted by molar-refractivity contribution is 5.95. The molecule has 1 aliphatic rings. The first kappa shape index (κ1) is 23.6. The summed E-state index contributed by atoms with van der Waals surface area (Å²) in [6, 6.07) is 18.8. The standard InChI is InChI=1S/C27H30N2O5/c1-31-25-10-9-22(15-26(25)32-2)27(30)29(17-23-7-3-4-12-28-23)16-20-6-5-8-24(14-20)34-19-21-11-13-33-18-21/h3-10,12,14-15,21H,11,13,16-19H2,1-2H3. The van der Waals surface area contributed by atoms with Crippen LogP contribution in [0.2, 0.25) is 0 Å². The van der Waals surface area contributed by atoms with Gasteiger partial charge >= 0.3 is 0 Å². The van der Waals surface area contributed by atoms with E-state index in [0.29, 0.717) is 42.7 Å². The second kappa shape index (κ2) is 11.5. The summed E-state index contributed by atoms with van der Waals surface area (Å²) in [4.78, 5) is 19.7. The van der Waals surface area contributed by atoms with Crippen LogP contribution in [0, 0.1) is 5.92 Å². The highest BCUT2D eigenvalue weighted by Crippen LogP contribution is 2.29. The van der Waals surface area contributed by atoms with Gasteiger partial charge in [-0.25, -0.2) is 0 Å². The maximum atomic E-state index is 13.6. The number of carbonyl (C=O) groups excluding carboxylic acids is 1. The number of rotatable bonds is 10. The largest absolute Gasteiger partial charge is 0.493 e. The number of pyridine rings is 1. The van der Waals surface area contributed by atoms with Crippen LogP contribution in [-0.2, 0) is 17.8 Å². The number of nitrogens with zero attached hydrogens (tertiary/aromatic N) is 2. The molecule has 1 amide bonds. The Balaban J connectivity index is 1.54. The zero-order valence-corrected chi connectivity index (χ0v) is 19.6. The zero-order valence-electron chi connectivity index (χ0n) is 19.6. The molecule has 1 fully saturated rings. The molecule has 1 saturated heterocycles. The number of methoxy groups -OCH3 is 2. The summed E-state index contributed by atoms with van der Waals surface area (Å²) < 4.78 is 22.1. The van der Waals surface area contributed by atoms with Crippen LogP contribution < -0.4 is 14.2 Å². The van der Waals surface area contributed by atoms with E-state index in [0.717, 1.165) is 36.6 Å². The molecule has 0 saturated carbocycles. The van der Waals surface area contributed by atoms with Crippen LogP contribution in [0.1, 0.15) is 28.0 Å². The Morgan fingerprint density at radius 1 is 1.03 bits per heavy atom. The van der Waals surface area contributed by atoms with Crippen molar-refractivity contribution in [3.05, 3.63) is 83.7 Å². The lowest BCUT2D eigenvalue weighted by atomic mass is 10.1. The van der Waals surface area contributed by atoms with Crippen LogP contribution in [0.3, 0.4) is 0 Å². The predicted octanol–water partition coefficient (Wildman–Crippen LogP) is 4.36. The van der Waals surface area contributed by atoms with Crippen molar-refractivity contribution in [1.29, 1.82) is 0 Å². The van der Waals surface area contributed by atoms with E-state index in [1.807, 2.05) is 42.5 Å².